The lowest BCUT2D eigenvalue weighted by molar-refractivity contribution is -0.142. The Kier molecular flexibility index (Phi) is 4.69. The van der Waals surface area contributed by atoms with Gasteiger partial charge in [0.1, 0.15) is 0 Å². The molecule has 3 rings (SSSR count). The van der Waals surface area contributed by atoms with Crippen LogP contribution in [0.1, 0.15) is 69.4 Å². The molecule has 0 bridgehead atoms. The van der Waals surface area contributed by atoms with Crippen molar-refractivity contribution < 1.29 is 9.90 Å². The zero-order valence-corrected chi connectivity index (χ0v) is 13.4. The fourth-order valence-corrected chi connectivity index (χ4v) is 4.00. The van der Waals surface area contributed by atoms with Crippen LogP contribution >= 0.6 is 0 Å². The molecular formula is C17H27N3O2. The Morgan fingerprint density at radius 1 is 1.18 bits per heavy atom. The van der Waals surface area contributed by atoms with Gasteiger partial charge in [-0.05, 0) is 38.5 Å². The van der Waals surface area contributed by atoms with Crippen molar-refractivity contribution in [3.63, 3.8) is 0 Å². The molecule has 122 valence electrons. The van der Waals surface area contributed by atoms with Gasteiger partial charge in [0.05, 0.1) is 17.3 Å². The van der Waals surface area contributed by atoms with Crippen LogP contribution in [0, 0.1) is 5.92 Å². The zero-order chi connectivity index (χ0) is 15.5. The lowest BCUT2D eigenvalue weighted by atomic mass is 9.85. The number of hydrogen-bond acceptors (Lipinski definition) is 3. The summed E-state index contributed by atoms with van der Waals surface area (Å²) in [7, 11) is 1.98. The molecule has 1 heterocycles. The van der Waals surface area contributed by atoms with Gasteiger partial charge in [0.2, 0.25) is 0 Å². The van der Waals surface area contributed by atoms with Gasteiger partial charge in [-0.3, -0.25) is 9.48 Å². The maximum Gasteiger partial charge on any atom is 0.306 e. The summed E-state index contributed by atoms with van der Waals surface area (Å²) >= 11 is 0. The molecule has 0 radical (unpaired) electrons. The van der Waals surface area contributed by atoms with E-state index in [0.717, 1.165) is 25.7 Å². The summed E-state index contributed by atoms with van der Waals surface area (Å²) in [6.07, 6.45) is 12.0. The molecule has 22 heavy (non-hydrogen) atoms. The van der Waals surface area contributed by atoms with Crippen molar-refractivity contribution in [2.45, 2.75) is 69.7 Å². The van der Waals surface area contributed by atoms with Crippen molar-refractivity contribution in [1.82, 2.24) is 9.78 Å². The number of aromatic nitrogens is 2. The van der Waals surface area contributed by atoms with E-state index in [1.54, 1.807) is 0 Å². The molecule has 0 unspecified atom stereocenters. The highest BCUT2D eigenvalue weighted by molar-refractivity contribution is 5.70. The van der Waals surface area contributed by atoms with E-state index in [9.17, 15) is 4.79 Å². The summed E-state index contributed by atoms with van der Waals surface area (Å²) in [6.45, 7) is 0. The minimum absolute atomic E-state index is 0.148. The monoisotopic (exact) mass is 305 g/mol. The molecule has 0 spiro atoms. The molecule has 0 aromatic carbocycles. The number of aryl methyl sites for hydroxylation is 1. The molecular weight excluding hydrogens is 278 g/mol. The highest BCUT2D eigenvalue weighted by atomic mass is 16.4. The van der Waals surface area contributed by atoms with Crippen molar-refractivity contribution in [1.29, 1.82) is 0 Å². The second kappa shape index (κ2) is 6.71. The number of nitrogens with zero attached hydrogens (tertiary/aromatic N) is 2. The van der Waals surface area contributed by atoms with Crippen molar-refractivity contribution in [2.75, 3.05) is 5.32 Å². The molecule has 2 aliphatic rings. The van der Waals surface area contributed by atoms with E-state index in [4.69, 9.17) is 10.2 Å². The molecule has 2 N–H and O–H groups in total. The van der Waals surface area contributed by atoms with E-state index >= 15 is 0 Å². The van der Waals surface area contributed by atoms with Crippen LogP contribution in [0.4, 0.5) is 5.69 Å². The number of anilines is 1. The molecule has 0 aliphatic heterocycles. The van der Waals surface area contributed by atoms with Gasteiger partial charge in [0.25, 0.3) is 0 Å². The van der Waals surface area contributed by atoms with Gasteiger partial charge in [-0.2, -0.15) is 5.10 Å². The van der Waals surface area contributed by atoms with E-state index in [1.165, 1.54) is 43.5 Å². The molecule has 5 heteroatoms. The predicted octanol–water partition coefficient (Wildman–Crippen LogP) is 3.52. The van der Waals surface area contributed by atoms with Crippen molar-refractivity contribution >= 4 is 11.7 Å². The van der Waals surface area contributed by atoms with Crippen LogP contribution in [0.2, 0.25) is 0 Å². The number of aliphatic carboxylic acids is 1. The minimum atomic E-state index is -0.636. The van der Waals surface area contributed by atoms with Crippen LogP contribution in [0.5, 0.6) is 0 Å². The van der Waals surface area contributed by atoms with Crippen molar-refractivity contribution in [2.24, 2.45) is 13.0 Å². The Morgan fingerprint density at radius 2 is 1.86 bits per heavy atom. The van der Waals surface area contributed by atoms with Crippen LogP contribution in [-0.4, -0.2) is 26.9 Å². The van der Waals surface area contributed by atoms with Gasteiger partial charge in [-0.25, -0.2) is 0 Å². The first-order valence-corrected chi connectivity index (χ1v) is 8.66. The van der Waals surface area contributed by atoms with Gasteiger partial charge in [-0.1, -0.05) is 19.3 Å². The second-order valence-electron chi connectivity index (χ2n) is 6.97. The van der Waals surface area contributed by atoms with Crippen LogP contribution in [0.15, 0.2) is 6.20 Å². The molecule has 2 aliphatic carbocycles. The number of carboxylic acid groups (broad SMARTS) is 1. The summed E-state index contributed by atoms with van der Waals surface area (Å²) in [5.74, 6) is -0.194. The first-order chi connectivity index (χ1) is 10.6. The Bertz CT molecular complexity index is 512. The van der Waals surface area contributed by atoms with Crippen LogP contribution < -0.4 is 5.32 Å². The summed E-state index contributed by atoms with van der Waals surface area (Å²) in [4.78, 5) is 11.0. The quantitative estimate of drug-likeness (QED) is 0.893. The van der Waals surface area contributed by atoms with E-state index in [0.29, 0.717) is 12.0 Å². The smallest absolute Gasteiger partial charge is 0.306 e. The Balaban J connectivity index is 1.64. The van der Waals surface area contributed by atoms with Crippen molar-refractivity contribution in [3.05, 3.63) is 11.9 Å². The Hall–Kier alpha value is -1.52. The predicted molar refractivity (Wildman–Crippen MR) is 86.0 cm³/mol. The Morgan fingerprint density at radius 3 is 2.50 bits per heavy atom. The van der Waals surface area contributed by atoms with Crippen molar-refractivity contribution in [3.8, 4) is 0 Å². The highest BCUT2D eigenvalue weighted by Crippen LogP contribution is 2.36. The number of nitrogens with one attached hydrogen (secondary N) is 1. The van der Waals surface area contributed by atoms with E-state index in [1.807, 2.05) is 11.7 Å². The van der Waals surface area contributed by atoms with Gasteiger partial charge in [-0.15, -0.1) is 0 Å². The molecule has 0 amide bonds. The average Bonchev–Trinajstić information content (AvgIpc) is 2.89. The molecule has 5 nitrogen and oxygen atoms in total. The van der Waals surface area contributed by atoms with E-state index in [-0.39, 0.29) is 5.92 Å². The molecule has 1 aromatic rings. The van der Waals surface area contributed by atoms with Gasteiger partial charge >= 0.3 is 5.97 Å². The van der Waals surface area contributed by atoms with Crippen LogP contribution in [0.25, 0.3) is 0 Å². The van der Waals surface area contributed by atoms with Crippen LogP contribution in [0.3, 0.4) is 0 Å². The number of carbonyl (C=O) groups is 1. The topological polar surface area (TPSA) is 67.2 Å². The maximum atomic E-state index is 11.0. The SMILES string of the molecule is Cn1cc(NC2CCC(C(=O)O)CC2)c(C2CCCCC2)n1. The van der Waals surface area contributed by atoms with Gasteiger partial charge in [0.15, 0.2) is 0 Å². The lowest BCUT2D eigenvalue weighted by Crippen LogP contribution is -2.29. The summed E-state index contributed by atoms with van der Waals surface area (Å²) in [5.41, 5.74) is 2.40. The Labute approximate surface area is 132 Å². The first-order valence-electron chi connectivity index (χ1n) is 8.66. The third-order valence-electron chi connectivity index (χ3n) is 5.29. The standard InChI is InChI=1S/C17H27N3O2/c1-20-11-15(16(19-20)12-5-3-2-4-6-12)18-14-9-7-13(8-10-14)17(21)22/h11-14,18H,2-10H2,1H3,(H,21,22). The minimum Gasteiger partial charge on any atom is -0.481 e. The maximum absolute atomic E-state index is 11.0. The largest absolute Gasteiger partial charge is 0.481 e. The summed E-state index contributed by atoms with van der Waals surface area (Å²) in [5, 5.41) is 17.5. The molecule has 2 fully saturated rings. The van der Waals surface area contributed by atoms with Gasteiger partial charge < -0.3 is 10.4 Å². The number of hydrogen-bond donors (Lipinski definition) is 2. The third-order valence-corrected chi connectivity index (χ3v) is 5.29. The van der Waals surface area contributed by atoms with Gasteiger partial charge in [0, 0.05) is 25.2 Å². The molecule has 2 saturated carbocycles. The van der Waals surface area contributed by atoms with Crippen LogP contribution in [-0.2, 0) is 11.8 Å². The molecule has 1 aromatic heterocycles. The summed E-state index contributed by atoms with van der Waals surface area (Å²) in [6, 6.07) is 0.391. The first kappa shape index (κ1) is 15.4. The lowest BCUT2D eigenvalue weighted by Gasteiger charge is -2.28. The zero-order valence-electron chi connectivity index (χ0n) is 13.4. The fraction of sp³-hybridized carbons (Fsp3) is 0.765. The normalized spacial score (nSPS) is 26.8. The fourth-order valence-electron chi connectivity index (χ4n) is 4.00. The number of carboxylic acids is 1. The third kappa shape index (κ3) is 3.45. The molecule has 0 atom stereocenters. The average molecular weight is 305 g/mol. The van der Waals surface area contributed by atoms with E-state index in [2.05, 4.69) is 11.5 Å². The number of rotatable bonds is 4. The second-order valence-corrected chi connectivity index (χ2v) is 6.97. The molecule has 0 saturated heterocycles. The van der Waals surface area contributed by atoms with E-state index < -0.39 is 5.97 Å². The summed E-state index contributed by atoms with van der Waals surface area (Å²) < 4.78 is 1.91. The highest BCUT2D eigenvalue weighted by Gasteiger charge is 2.28.